The number of benzene rings is 2. The molecule has 2 heterocycles. The average Bonchev–Trinajstić information content (AvgIpc) is 3.28. The molecule has 0 amide bonds. The van der Waals surface area contributed by atoms with Crippen molar-refractivity contribution in [3.05, 3.63) is 74.4 Å². The monoisotopic (exact) mass is 548 g/mol. The lowest BCUT2D eigenvalue weighted by Crippen LogP contribution is -2.36. The molecule has 1 aromatic heterocycles. The Balaban J connectivity index is 1.39. The maximum Gasteiger partial charge on any atom is 0.231 e. The van der Waals surface area contributed by atoms with Crippen LogP contribution in [0.5, 0.6) is 11.5 Å². The number of carbonyl (C=O) groups excluding carboxylic acids is 1. The van der Waals surface area contributed by atoms with E-state index in [1.54, 1.807) is 12.3 Å². The molecule has 36 heavy (non-hydrogen) atoms. The van der Waals surface area contributed by atoms with Crippen molar-refractivity contribution in [1.29, 1.82) is 0 Å². The number of rotatable bonds is 8. The average molecular weight is 549 g/mol. The van der Waals surface area contributed by atoms with Gasteiger partial charge in [-0.1, -0.05) is 23.7 Å². The highest BCUT2D eigenvalue weighted by Gasteiger charge is 2.51. The van der Waals surface area contributed by atoms with Gasteiger partial charge in [0.2, 0.25) is 6.79 Å². The Kier molecular flexibility index (Phi) is 6.70. The fourth-order valence-corrected chi connectivity index (χ4v) is 6.35. The predicted octanol–water partition coefficient (Wildman–Crippen LogP) is 5.65. The van der Waals surface area contributed by atoms with E-state index in [9.17, 15) is 13.4 Å². The molecule has 3 aromatic rings. The Morgan fingerprint density at radius 3 is 2.67 bits per heavy atom. The Labute approximate surface area is 220 Å². The van der Waals surface area contributed by atoms with Crippen molar-refractivity contribution in [3.8, 4) is 11.5 Å². The van der Waals surface area contributed by atoms with Crippen molar-refractivity contribution in [2.45, 2.75) is 56.2 Å². The molecule has 5 rings (SSSR count). The van der Waals surface area contributed by atoms with Crippen LogP contribution in [0.1, 0.15) is 60.7 Å². The number of ether oxygens (including phenoxy) is 2. The van der Waals surface area contributed by atoms with Gasteiger partial charge in [-0.25, -0.2) is 18.3 Å². The van der Waals surface area contributed by atoms with Gasteiger partial charge in [-0.3, -0.25) is 4.79 Å². The summed E-state index contributed by atoms with van der Waals surface area (Å²) in [5.41, 5.74) is 1.00. The van der Waals surface area contributed by atoms with E-state index in [0.29, 0.717) is 22.1 Å². The summed E-state index contributed by atoms with van der Waals surface area (Å²) in [5, 5.41) is 0.887. The summed E-state index contributed by atoms with van der Waals surface area (Å²) in [6.45, 7) is 5.78. The molecule has 0 radical (unpaired) electrons. The quantitative estimate of drug-likeness (QED) is 0.394. The van der Waals surface area contributed by atoms with E-state index in [1.807, 2.05) is 39.0 Å². The number of Topliss-reactive ketones (excluding diaryl/α,β-unsaturated/α-hetero) is 1. The molecule has 0 bridgehead atoms. The van der Waals surface area contributed by atoms with Gasteiger partial charge in [0.25, 0.3) is 0 Å². The molecule has 10 heteroatoms. The number of carbonyl (C=O) groups is 1. The lowest BCUT2D eigenvalue weighted by Gasteiger charge is -2.24. The molecular weight excluding hydrogens is 523 g/mol. The van der Waals surface area contributed by atoms with Gasteiger partial charge in [0.1, 0.15) is 16.6 Å². The summed E-state index contributed by atoms with van der Waals surface area (Å²) in [7, 11) is -1.43. The van der Waals surface area contributed by atoms with Gasteiger partial charge in [0, 0.05) is 16.1 Å². The topological polar surface area (TPSA) is 77.5 Å². The third-order valence-corrected chi connectivity index (χ3v) is 9.38. The largest absolute Gasteiger partial charge is 0.454 e. The Bertz CT molecular complexity index is 1350. The number of halogens is 2. The van der Waals surface area contributed by atoms with Crippen LogP contribution in [0.3, 0.4) is 0 Å². The van der Waals surface area contributed by atoms with Crippen LogP contribution in [0.15, 0.2) is 42.6 Å². The summed E-state index contributed by atoms with van der Waals surface area (Å²) in [5.74, 6) is 1.01. The van der Waals surface area contributed by atoms with Crippen molar-refractivity contribution in [1.82, 2.24) is 9.71 Å². The Morgan fingerprint density at radius 2 is 1.97 bits per heavy atom. The zero-order valence-electron chi connectivity index (χ0n) is 20.1. The van der Waals surface area contributed by atoms with Gasteiger partial charge in [-0.15, -0.1) is 11.3 Å². The molecule has 1 unspecified atom stereocenters. The Morgan fingerprint density at radius 1 is 1.22 bits per heavy atom. The molecule has 1 saturated carbocycles. The molecule has 1 N–H and O–H groups in total. The van der Waals surface area contributed by atoms with Crippen molar-refractivity contribution in [3.63, 3.8) is 0 Å². The molecule has 2 aliphatic rings. The second-order valence-corrected chi connectivity index (χ2v) is 13.6. The van der Waals surface area contributed by atoms with Crippen LogP contribution in [-0.2, 0) is 27.6 Å². The summed E-state index contributed by atoms with van der Waals surface area (Å²) in [4.78, 5) is 18.7. The van der Waals surface area contributed by atoms with Crippen molar-refractivity contribution in [2.75, 3.05) is 6.79 Å². The smallest absolute Gasteiger partial charge is 0.231 e. The molecule has 2 aromatic carbocycles. The summed E-state index contributed by atoms with van der Waals surface area (Å²) < 4.78 is 40.2. The lowest BCUT2D eigenvalue weighted by molar-refractivity contribution is -0.120. The first kappa shape index (κ1) is 25.3. The maximum atomic E-state index is 13.7. The number of nitrogens with one attached hydrogen (secondary N) is 1. The minimum atomic E-state index is -1.43. The first-order chi connectivity index (χ1) is 17.1. The Hall–Kier alpha value is -2.33. The van der Waals surface area contributed by atoms with Gasteiger partial charge in [0.05, 0.1) is 33.6 Å². The molecule has 190 valence electrons. The van der Waals surface area contributed by atoms with Crippen LogP contribution < -0.4 is 14.2 Å². The zero-order chi connectivity index (χ0) is 25.7. The molecular formula is C26H26ClFN2O4S2. The molecule has 1 aliphatic heterocycles. The number of ketones is 1. The standard InChI is InChI=1S/C26H26ClFN2O4S2/c1-25(2,3)36(32)30-24(17-6-5-16(28)11-18(17)27)21-13-29-23(35-21)12-22(31)26(8-9-26)15-4-7-19-20(10-15)34-14-33-19/h4-7,10-11,13,24,30H,8-9,12,14H2,1-3H3/t24-,36?/m0/s1. The molecule has 0 spiro atoms. The van der Waals surface area contributed by atoms with Crippen LogP contribution in [-0.4, -0.2) is 26.5 Å². The minimum absolute atomic E-state index is 0.102. The molecule has 6 nitrogen and oxygen atoms in total. The number of aromatic nitrogens is 1. The number of hydrogen-bond donors (Lipinski definition) is 1. The highest BCUT2D eigenvalue weighted by molar-refractivity contribution is 7.84. The first-order valence-corrected chi connectivity index (χ1v) is 13.9. The lowest BCUT2D eigenvalue weighted by atomic mass is 9.89. The SMILES string of the molecule is CC(C)(C)S(=O)N[C@H](c1cnc(CC(=O)C2(c3ccc4c(c3)OCO4)CC2)s1)c1ccc(F)cc1Cl. The second-order valence-electron chi connectivity index (χ2n) is 10.0. The van der Waals surface area contributed by atoms with Gasteiger partial charge in [-0.2, -0.15) is 0 Å². The van der Waals surface area contributed by atoms with Crippen molar-refractivity contribution < 1.29 is 22.9 Å². The third kappa shape index (κ3) is 4.94. The summed E-state index contributed by atoms with van der Waals surface area (Å²) in [6.07, 6.45) is 3.42. The van der Waals surface area contributed by atoms with E-state index in [1.165, 1.54) is 23.5 Å². The maximum absolute atomic E-state index is 13.7. The van der Waals surface area contributed by atoms with E-state index >= 15 is 0 Å². The van der Waals surface area contributed by atoms with E-state index < -0.39 is 33.0 Å². The molecule has 2 atom stereocenters. The molecule has 1 aliphatic carbocycles. The highest BCUT2D eigenvalue weighted by atomic mass is 35.5. The van der Waals surface area contributed by atoms with Gasteiger partial charge in [-0.05, 0) is 69.0 Å². The molecule has 0 saturated heterocycles. The second kappa shape index (κ2) is 9.52. The van der Waals surface area contributed by atoms with Gasteiger partial charge < -0.3 is 9.47 Å². The molecule has 1 fully saturated rings. The van der Waals surface area contributed by atoms with Crippen LogP contribution in [0.4, 0.5) is 4.39 Å². The fraction of sp³-hybridized carbons (Fsp3) is 0.385. The fourth-order valence-electron chi connectivity index (χ4n) is 4.19. The minimum Gasteiger partial charge on any atom is -0.454 e. The van der Waals surface area contributed by atoms with Crippen LogP contribution in [0, 0.1) is 5.82 Å². The van der Waals surface area contributed by atoms with E-state index in [0.717, 1.165) is 23.3 Å². The normalized spacial score (nSPS) is 17.6. The van der Waals surface area contributed by atoms with Crippen molar-refractivity contribution >= 4 is 39.7 Å². The van der Waals surface area contributed by atoms with E-state index in [-0.39, 0.29) is 24.0 Å². The first-order valence-electron chi connectivity index (χ1n) is 11.6. The van der Waals surface area contributed by atoms with Crippen molar-refractivity contribution in [2.24, 2.45) is 0 Å². The van der Waals surface area contributed by atoms with Crippen LogP contribution in [0.25, 0.3) is 0 Å². The summed E-state index contributed by atoms with van der Waals surface area (Å²) >= 11 is 7.73. The number of nitrogens with zero attached hydrogens (tertiary/aromatic N) is 1. The van der Waals surface area contributed by atoms with Gasteiger partial charge in [0.15, 0.2) is 11.5 Å². The highest BCUT2D eigenvalue weighted by Crippen LogP contribution is 2.51. The third-order valence-electron chi connectivity index (χ3n) is 6.43. The zero-order valence-corrected chi connectivity index (χ0v) is 22.5. The van der Waals surface area contributed by atoms with Crippen LogP contribution in [0.2, 0.25) is 5.02 Å². The number of fused-ring (bicyclic) bond motifs is 1. The number of thiazole rings is 1. The van der Waals surface area contributed by atoms with E-state index in [2.05, 4.69) is 9.71 Å². The van der Waals surface area contributed by atoms with E-state index in [4.69, 9.17) is 21.1 Å². The van der Waals surface area contributed by atoms with Crippen LogP contribution >= 0.6 is 22.9 Å². The predicted molar refractivity (Wildman–Crippen MR) is 139 cm³/mol. The number of hydrogen-bond acceptors (Lipinski definition) is 6. The van der Waals surface area contributed by atoms with Gasteiger partial charge >= 0.3 is 0 Å². The summed E-state index contributed by atoms with van der Waals surface area (Å²) in [6, 6.07) is 9.26.